The van der Waals surface area contributed by atoms with Gasteiger partial charge in [0.1, 0.15) is 0 Å². The highest BCUT2D eigenvalue weighted by Crippen LogP contribution is 2.22. The van der Waals surface area contributed by atoms with Crippen molar-refractivity contribution in [3.63, 3.8) is 0 Å². The summed E-state index contributed by atoms with van der Waals surface area (Å²) in [7, 11) is 0. The Morgan fingerprint density at radius 2 is 1.94 bits per heavy atom. The molecule has 0 amide bonds. The Balaban J connectivity index is 2.83. The summed E-state index contributed by atoms with van der Waals surface area (Å²) in [6.45, 7) is 6.80. The third kappa shape index (κ3) is 4.36. The Morgan fingerprint density at radius 1 is 1.19 bits per heavy atom. The van der Waals surface area contributed by atoms with Crippen molar-refractivity contribution < 1.29 is 5.11 Å². The van der Waals surface area contributed by atoms with Crippen LogP contribution in [0.25, 0.3) is 0 Å². The largest absolute Gasteiger partial charge is 0.392 e. The normalized spacial score (nSPS) is 25.4. The Labute approximate surface area is 99.6 Å². The van der Waals surface area contributed by atoms with E-state index in [9.17, 15) is 5.11 Å². The summed E-state index contributed by atoms with van der Waals surface area (Å²) >= 11 is 0. The third-order valence-corrected chi connectivity index (χ3v) is 3.33. The summed E-state index contributed by atoms with van der Waals surface area (Å²) in [5, 5.41) is 9.26. The van der Waals surface area contributed by atoms with Crippen LogP contribution in [0, 0.1) is 0 Å². The molecule has 1 heteroatoms. The maximum atomic E-state index is 9.26. The molecule has 1 aliphatic rings. The lowest BCUT2D eigenvalue weighted by Gasteiger charge is -2.12. The van der Waals surface area contributed by atoms with E-state index < -0.39 is 0 Å². The second-order valence-electron chi connectivity index (χ2n) is 4.92. The standard InChI is InChI=1S/C15H24O/c1-12(2)15-9-7-13(3)5-4-6-14(11-16)8-10-15/h5,8,16H,4,6-7,9-11H2,1-3H3/b13-5+,14-8+. The second-order valence-corrected chi connectivity index (χ2v) is 4.92. The van der Waals surface area contributed by atoms with Crippen molar-refractivity contribution in [2.75, 3.05) is 6.61 Å². The lowest BCUT2D eigenvalue weighted by molar-refractivity contribution is 0.326. The molecule has 1 rings (SSSR count). The first-order chi connectivity index (χ1) is 7.63. The van der Waals surface area contributed by atoms with Crippen LogP contribution in [0.1, 0.15) is 52.9 Å². The Bertz CT molecular complexity index is 314. The van der Waals surface area contributed by atoms with Gasteiger partial charge in [-0.25, -0.2) is 0 Å². The summed E-state index contributed by atoms with van der Waals surface area (Å²) in [6.07, 6.45) is 9.98. The molecule has 0 heterocycles. The fourth-order valence-electron chi connectivity index (χ4n) is 2.02. The van der Waals surface area contributed by atoms with Crippen LogP contribution in [0.2, 0.25) is 0 Å². The summed E-state index contributed by atoms with van der Waals surface area (Å²) in [4.78, 5) is 0. The number of rotatable bonds is 1. The number of aliphatic hydroxyl groups excluding tert-OH is 1. The fraction of sp³-hybridized carbons (Fsp3) is 0.600. The van der Waals surface area contributed by atoms with Crippen molar-refractivity contribution in [2.45, 2.75) is 52.9 Å². The molecule has 0 radical (unpaired) electrons. The molecule has 0 atom stereocenters. The topological polar surface area (TPSA) is 20.2 Å². The number of hydrogen-bond acceptors (Lipinski definition) is 1. The lowest BCUT2D eigenvalue weighted by atomic mass is 9.95. The fourth-order valence-corrected chi connectivity index (χ4v) is 2.02. The Morgan fingerprint density at radius 3 is 2.56 bits per heavy atom. The SMILES string of the molecule is CC(C)=C1C/C=C(/CO)CC/C=C(\C)CC1. The second kappa shape index (κ2) is 6.70. The van der Waals surface area contributed by atoms with Crippen LogP contribution < -0.4 is 0 Å². The molecule has 0 unspecified atom stereocenters. The van der Waals surface area contributed by atoms with Gasteiger partial charge < -0.3 is 5.11 Å². The first-order valence-corrected chi connectivity index (χ1v) is 6.23. The van der Waals surface area contributed by atoms with Gasteiger partial charge in [0.25, 0.3) is 0 Å². The van der Waals surface area contributed by atoms with Gasteiger partial charge in [-0.1, -0.05) is 28.9 Å². The third-order valence-electron chi connectivity index (χ3n) is 3.33. The van der Waals surface area contributed by atoms with Crippen LogP contribution in [0.3, 0.4) is 0 Å². The van der Waals surface area contributed by atoms with Gasteiger partial charge in [-0.15, -0.1) is 0 Å². The zero-order chi connectivity index (χ0) is 12.0. The van der Waals surface area contributed by atoms with Crippen LogP contribution in [0.15, 0.2) is 34.4 Å². The molecular formula is C15H24O. The van der Waals surface area contributed by atoms with E-state index in [4.69, 9.17) is 0 Å². The molecule has 1 nitrogen and oxygen atoms in total. The van der Waals surface area contributed by atoms with E-state index in [1.54, 1.807) is 0 Å². The summed E-state index contributed by atoms with van der Waals surface area (Å²) < 4.78 is 0. The van der Waals surface area contributed by atoms with Crippen molar-refractivity contribution in [3.05, 3.63) is 34.4 Å². The number of aliphatic hydroxyl groups is 1. The van der Waals surface area contributed by atoms with Crippen molar-refractivity contribution in [1.29, 1.82) is 0 Å². The van der Waals surface area contributed by atoms with Gasteiger partial charge in [0.2, 0.25) is 0 Å². The highest BCUT2D eigenvalue weighted by molar-refractivity contribution is 5.19. The molecule has 1 aliphatic carbocycles. The van der Waals surface area contributed by atoms with E-state index >= 15 is 0 Å². The molecule has 0 spiro atoms. The van der Waals surface area contributed by atoms with E-state index in [1.807, 2.05) is 0 Å². The van der Waals surface area contributed by atoms with Crippen LogP contribution in [0.4, 0.5) is 0 Å². The van der Waals surface area contributed by atoms with Gasteiger partial charge in [0.05, 0.1) is 6.61 Å². The van der Waals surface area contributed by atoms with E-state index in [0.717, 1.165) is 19.3 Å². The first kappa shape index (κ1) is 13.2. The predicted octanol–water partition coefficient (Wildman–Crippen LogP) is 4.15. The summed E-state index contributed by atoms with van der Waals surface area (Å²) in [5.41, 5.74) is 5.63. The average molecular weight is 220 g/mol. The lowest BCUT2D eigenvalue weighted by Crippen LogP contribution is -1.95. The van der Waals surface area contributed by atoms with Gasteiger partial charge in [0.15, 0.2) is 0 Å². The predicted molar refractivity (Wildman–Crippen MR) is 70.4 cm³/mol. The molecular weight excluding hydrogens is 196 g/mol. The zero-order valence-electron chi connectivity index (χ0n) is 10.8. The molecule has 0 bridgehead atoms. The van der Waals surface area contributed by atoms with Gasteiger partial charge in [-0.3, -0.25) is 0 Å². The number of hydrogen-bond donors (Lipinski definition) is 1. The van der Waals surface area contributed by atoms with Crippen molar-refractivity contribution in [1.82, 2.24) is 0 Å². The highest BCUT2D eigenvalue weighted by atomic mass is 16.3. The van der Waals surface area contributed by atoms with E-state index in [2.05, 4.69) is 32.9 Å². The van der Waals surface area contributed by atoms with E-state index in [1.165, 1.54) is 35.1 Å². The maximum absolute atomic E-state index is 9.26. The molecule has 0 aromatic carbocycles. The van der Waals surface area contributed by atoms with Crippen molar-refractivity contribution in [2.24, 2.45) is 0 Å². The monoisotopic (exact) mass is 220 g/mol. The van der Waals surface area contributed by atoms with Crippen LogP contribution in [0.5, 0.6) is 0 Å². The molecule has 0 fully saturated rings. The van der Waals surface area contributed by atoms with Gasteiger partial charge >= 0.3 is 0 Å². The van der Waals surface area contributed by atoms with Gasteiger partial charge in [0, 0.05) is 0 Å². The highest BCUT2D eigenvalue weighted by Gasteiger charge is 2.04. The average Bonchev–Trinajstić information content (AvgIpc) is 2.26. The van der Waals surface area contributed by atoms with Gasteiger partial charge in [-0.05, 0) is 58.4 Å². The molecule has 0 saturated heterocycles. The van der Waals surface area contributed by atoms with Crippen LogP contribution in [-0.2, 0) is 0 Å². The molecule has 16 heavy (non-hydrogen) atoms. The molecule has 0 aromatic heterocycles. The minimum absolute atomic E-state index is 0.211. The molecule has 0 aromatic rings. The zero-order valence-corrected chi connectivity index (χ0v) is 10.8. The van der Waals surface area contributed by atoms with Crippen molar-refractivity contribution >= 4 is 0 Å². The smallest absolute Gasteiger partial charge is 0.0641 e. The quantitative estimate of drug-likeness (QED) is 0.658. The molecule has 0 aliphatic heterocycles. The summed E-state index contributed by atoms with van der Waals surface area (Å²) in [5.74, 6) is 0. The molecule has 0 saturated carbocycles. The van der Waals surface area contributed by atoms with Gasteiger partial charge in [-0.2, -0.15) is 0 Å². The van der Waals surface area contributed by atoms with Crippen molar-refractivity contribution in [3.8, 4) is 0 Å². The first-order valence-electron chi connectivity index (χ1n) is 6.23. The Kier molecular flexibility index (Phi) is 5.54. The minimum atomic E-state index is 0.211. The van der Waals surface area contributed by atoms with Crippen LogP contribution >= 0.6 is 0 Å². The van der Waals surface area contributed by atoms with E-state index in [-0.39, 0.29) is 6.61 Å². The maximum Gasteiger partial charge on any atom is 0.0641 e. The molecule has 90 valence electrons. The summed E-state index contributed by atoms with van der Waals surface area (Å²) in [6, 6.07) is 0. The molecule has 1 N–H and O–H groups in total. The van der Waals surface area contributed by atoms with Crippen LogP contribution in [-0.4, -0.2) is 11.7 Å². The number of allylic oxidation sites excluding steroid dienone is 5. The Hall–Kier alpha value is -0.820. The van der Waals surface area contributed by atoms with E-state index in [0.29, 0.717) is 0 Å². The minimum Gasteiger partial charge on any atom is -0.392 e.